The second-order valence-electron chi connectivity index (χ2n) is 8.75. The van der Waals surface area contributed by atoms with E-state index in [-0.39, 0.29) is 5.41 Å². The summed E-state index contributed by atoms with van der Waals surface area (Å²) < 4.78 is 27.7. The molecule has 2 heterocycles. The zero-order chi connectivity index (χ0) is 20.8. The van der Waals surface area contributed by atoms with E-state index in [2.05, 4.69) is 48.6 Å². The Bertz CT molecular complexity index is 1120. The number of hydrogen-bond acceptors (Lipinski definition) is 4. The lowest BCUT2D eigenvalue weighted by atomic mass is 9.87. The number of aryl methyl sites for hydroxylation is 1. The maximum Gasteiger partial charge on any atom is 0.243 e. The number of imidazole rings is 1. The molecule has 0 amide bonds. The van der Waals surface area contributed by atoms with Crippen LogP contribution in [0.3, 0.4) is 0 Å². The molecule has 1 aliphatic heterocycles. The smallest absolute Gasteiger partial charge is 0.243 e. The zero-order valence-electron chi connectivity index (χ0n) is 17.4. The van der Waals surface area contributed by atoms with E-state index in [1.54, 1.807) is 16.4 Å². The van der Waals surface area contributed by atoms with E-state index in [0.717, 1.165) is 22.5 Å². The van der Waals surface area contributed by atoms with Crippen molar-refractivity contribution in [3.63, 3.8) is 0 Å². The molecular formula is C22H28N4O2S. The number of H-pyrrole nitrogens is 1. The number of rotatable bonds is 3. The Morgan fingerprint density at radius 1 is 0.966 bits per heavy atom. The first-order chi connectivity index (χ1) is 13.6. The third-order valence-electron chi connectivity index (χ3n) is 5.52. The molecule has 1 aromatic heterocycles. The summed E-state index contributed by atoms with van der Waals surface area (Å²) >= 11 is 0. The fourth-order valence-electron chi connectivity index (χ4n) is 3.68. The fraction of sp³-hybridized carbons (Fsp3) is 0.409. The molecule has 6 nitrogen and oxygen atoms in total. The minimum absolute atomic E-state index is 0.000952. The van der Waals surface area contributed by atoms with Gasteiger partial charge in [-0.1, -0.05) is 39.0 Å². The lowest BCUT2D eigenvalue weighted by Crippen LogP contribution is -2.49. The normalized spacial score (nSPS) is 16.5. The van der Waals surface area contributed by atoms with Crippen molar-refractivity contribution in [1.29, 1.82) is 0 Å². The average molecular weight is 413 g/mol. The van der Waals surface area contributed by atoms with E-state index in [0.29, 0.717) is 31.1 Å². The number of sulfonamides is 1. The van der Waals surface area contributed by atoms with Crippen molar-refractivity contribution in [2.45, 2.75) is 38.0 Å². The molecule has 0 spiro atoms. The summed E-state index contributed by atoms with van der Waals surface area (Å²) in [7, 11) is -3.48. The highest BCUT2D eigenvalue weighted by Gasteiger charge is 2.29. The minimum atomic E-state index is -3.48. The Labute approximate surface area is 172 Å². The van der Waals surface area contributed by atoms with Gasteiger partial charge in [0.15, 0.2) is 0 Å². The molecule has 0 saturated carbocycles. The van der Waals surface area contributed by atoms with Crippen molar-refractivity contribution < 1.29 is 8.42 Å². The van der Waals surface area contributed by atoms with Crippen molar-refractivity contribution in [2.75, 3.05) is 31.1 Å². The molecule has 0 unspecified atom stereocenters. The van der Waals surface area contributed by atoms with Gasteiger partial charge in [-0.25, -0.2) is 13.4 Å². The number of nitrogens with one attached hydrogen (secondary N) is 1. The summed E-state index contributed by atoms with van der Waals surface area (Å²) in [6.07, 6.45) is 0. The van der Waals surface area contributed by atoms with Crippen LogP contribution in [0.2, 0.25) is 0 Å². The van der Waals surface area contributed by atoms with Gasteiger partial charge in [-0.15, -0.1) is 0 Å². The number of aromatic nitrogens is 2. The van der Waals surface area contributed by atoms with E-state index in [1.807, 2.05) is 24.3 Å². The summed E-state index contributed by atoms with van der Waals surface area (Å²) in [5.74, 6) is 0.803. The zero-order valence-corrected chi connectivity index (χ0v) is 18.3. The van der Waals surface area contributed by atoms with E-state index in [1.165, 1.54) is 5.56 Å². The first kappa shape index (κ1) is 19.9. The maximum atomic E-state index is 13.1. The number of piperazine rings is 1. The van der Waals surface area contributed by atoms with Crippen LogP contribution in [0.1, 0.15) is 31.9 Å². The minimum Gasteiger partial charge on any atom is -0.340 e. The number of fused-ring (bicyclic) bond motifs is 1. The highest BCUT2D eigenvalue weighted by molar-refractivity contribution is 7.89. The van der Waals surface area contributed by atoms with Crippen molar-refractivity contribution in [3.8, 4) is 0 Å². The van der Waals surface area contributed by atoms with Gasteiger partial charge in [-0.2, -0.15) is 4.31 Å². The van der Waals surface area contributed by atoms with Crippen LogP contribution in [-0.4, -0.2) is 48.9 Å². The van der Waals surface area contributed by atoms with Crippen LogP contribution in [0.25, 0.3) is 11.0 Å². The predicted molar refractivity (Wildman–Crippen MR) is 117 cm³/mol. The number of nitrogens with zero attached hydrogens (tertiary/aromatic N) is 3. The molecular weight excluding hydrogens is 384 g/mol. The lowest BCUT2D eigenvalue weighted by Gasteiger charge is -2.33. The van der Waals surface area contributed by atoms with Crippen LogP contribution in [0.4, 0.5) is 5.95 Å². The molecule has 0 atom stereocenters. The number of benzene rings is 2. The highest BCUT2D eigenvalue weighted by Crippen LogP contribution is 2.26. The predicted octanol–water partition coefficient (Wildman–Crippen LogP) is 3.68. The van der Waals surface area contributed by atoms with Crippen molar-refractivity contribution >= 4 is 27.0 Å². The van der Waals surface area contributed by atoms with E-state index >= 15 is 0 Å². The van der Waals surface area contributed by atoms with Gasteiger partial charge in [0.05, 0.1) is 15.9 Å². The Balaban J connectivity index is 1.48. The van der Waals surface area contributed by atoms with Crippen LogP contribution < -0.4 is 4.90 Å². The van der Waals surface area contributed by atoms with E-state index < -0.39 is 10.0 Å². The second kappa shape index (κ2) is 7.15. The van der Waals surface area contributed by atoms with Gasteiger partial charge in [-0.3, -0.25) is 0 Å². The van der Waals surface area contributed by atoms with Gasteiger partial charge >= 0.3 is 0 Å². The topological polar surface area (TPSA) is 69.3 Å². The molecule has 1 aliphatic rings. The Morgan fingerprint density at radius 3 is 2.24 bits per heavy atom. The Hall–Kier alpha value is -2.38. The standard InChI is InChI=1S/C22H28N4O2S/c1-16-5-10-19-20(15-16)24-21(23-19)25-11-13-26(14-12-25)29(27,28)18-8-6-17(7-9-18)22(2,3)4/h5-10,15H,11-14H2,1-4H3,(H,23,24). The van der Waals surface area contributed by atoms with Crippen LogP contribution >= 0.6 is 0 Å². The van der Waals surface area contributed by atoms with Gasteiger partial charge < -0.3 is 9.88 Å². The lowest BCUT2D eigenvalue weighted by molar-refractivity contribution is 0.383. The van der Waals surface area contributed by atoms with Crippen molar-refractivity contribution in [2.24, 2.45) is 0 Å². The Kier molecular flexibility index (Phi) is 4.91. The fourth-order valence-corrected chi connectivity index (χ4v) is 5.10. The summed E-state index contributed by atoms with van der Waals surface area (Å²) in [5, 5.41) is 0. The van der Waals surface area contributed by atoms with Crippen molar-refractivity contribution in [1.82, 2.24) is 14.3 Å². The molecule has 1 fully saturated rings. The van der Waals surface area contributed by atoms with Gasteiger partial charge in [-0.05, 0) is 47.7 Å². The Morgan fingerprint density at radius 2 is 1.62 bits per heavy atom. The summed E-state index contributed by atoms with van der Waals surface area (Å²) in [6, 6.07) is 13.4. The van der Waals surface area contributed by atoms with Gasteiger partial charge in [0.25, 0.3) is 0 Å². The van der Waals surface area contributed by atoms with Gasteiger partial charge in [0.2, 0.25) is 16.0 Å². The number of aromatic amines is 1. The number of hydrogen-bond donors (Lipinski definition) is 1. The SMILES string of the molecule is Cc1ccc2nc(N3CCN(S(=O)(=O)c4ccc(C(C)(C)C)cc4)CC3)[nH]c2c1. The molecule has 3 aromatic rings. The van der Waals surface area contributed by atoms with Crippen molar-refractivity contribution in [3.05, 3.63) is 53.6 Å². The number of anilines is 1. The summed E-state index contributed by atoms with van der Waals surface area (Å²) in [4.78, 5) is 10.5. The first-order valence-corrected chi connectivity index (χ1v) is 11.4. The monoisotopic (exact) mass is 412 g/mol. The largest absolute Gasteiger partial charge is 0.340 e. The van der Waals surface area contributed by atoms with Crippen LogP contribution in [0, 0.1) is 6.92 Å². The molecule has 1 N–H and O–H groups in total. The molecule has 154 valence electrons. The molecule has 1 saturated heterocycles. The summed E-state index contributed by atoms with van der Waals surface area (Å²) in [5.41, 5.74) is 4.25. The van der Waals surface area contributed by atoms with Gasteiger partial charge in [0.1, 0.15) is 0 Å². The quantitative estimate of drug-likeness (QED) is 0.712. The second-order valence-corrected chi connectivity index (χ2v) is 10.7. The molecule has 4 rings (SSSR count). The molecule has 7 heteroatoms. The van der Waals surface area contributed by atoms with Crippen LogP contribution in [-0.2, 0) is 15.4 Å². The van der Waals surface area contributed by atoms with Gasteiger partial charge in [0, 0.05) is 26.2 Å². The molecule has 0 radical (unpaired) electrons. The molecule has 0 aliphatic carbocycles. The molecule has 29 heavy (non-hydrogen) atoms. The van der Waals surface area contributed by atoms with E-state index in [4.69, 9.17) is 0 Å². The van der Waals surface area contributed by atoms with Crippen LogP contribution in [0.5, 0.6) is 0 Å². The third kappa shape index (κ3) is 3.89. The maximum absolute atomic E-state index is 13.1. The molecule has 2 aromatic carbocycles. The molecule has 0 bridgehead atoms. The van der Waals surface area contributed by atoms with E-state index in [9.17, 15) is 8.42 Å². The third-order valence-corrected chi connectivity index (χ3v) is 7.43. The average Bonchev–Trinajstić information content (AvgIpc) is 3.10. The first-order valence-electron chi connectivity index (χ1n) is 9.97. The highest BCUT2D eigenvalue weighted by atomic mass is 32.2. The van der Waals surface area contributed by atoms with Crippen LogP contribution in [0.15, 0.2) is 47.4 Å². The summed E-state index contributed by atoms with van der Waals surface area (Å²) in [6.45, 7) is 10.5.